The zero-order valence-corrected chi connectivity index (χ0v) is 7.70. The molecule has 1 N–H and O–H groups in total. The van der Waals surface area contributed by atoms with Gasteiger partial charge in [-0.1, -0.05) is 0 Å². The number of nitrogens with zero attached hydrogens (tertiary/aromatic N) is 2. The zero-order valence-electron chi connectivity index (χ0n) is 6.11. The van der Waals surface area contributed by atoms with Crippen LogP contribution in [0.15, 0.2) is 10.8 Å². The Bertz CT molecular complexity index is 316. The van der Waals surface area contributed by atoms with Gasteiger partial charge in [-0.05, 0) is 15.9 Å². The first-order valence-electron chi connectivity index (χ1n) is 2.95. The number of hydrogen-bond donors (Lipinski definition) is 1. The minimum Gasteiger partial charge on any atom is -0.481 e. The molecule has 12 heavy (non-hydrogen) atoms. The summed E-state index contributed by atoms with van der Waals surface area (Å²) in [4.78, 5) is 17.8. The minimum absolute atomic E-state index is 0.103. The summed E-state index contributed by atoms with van der Waals surface area (Å²) < 4.78 is 4.94. The van der Waals surface area contributed by atoms with Crippen molar-refractivity contribution in [1.82, 2.24) is 9.97 Å². The summed E-state index contributed by atoms with van der Waals surface area (Å²) in [6.07, 6.45) is 0. The number of carboxylic acids is 1. The zero-order chi connectivity index (χ0) is 9.14. The standard InChI is InChI=1S/C6H5BrN2O3/c1-12-4-2-3(5(10)11)8-6(7)9-4/h2H,1H3,(H,10,11). The lowest BCUT2D eigenvalue weighted by Crippen LogP contribution is -2.02. The van der Waals surface area contributed by atoms with Gasteiger partial charge in [-0.2, -0.15) is 4.98 Å². The van der Waals surface area contributed by atoms with Crippen molar-refractivity contribution >= 4 is 21.9 Å². The molecule has 0 radical (unpaired) electrons. The van der Waals surface area contributed by atoms with E-state index in [4.69, 9.17) is 9.84 Å². The van der Waals surface area contributed by atoms with Crippen LogP contribution in [0.1, 0.15) is 10.5 Å². The molecule has 64 valence electrons. The highest BCUT2D eigenvalue weighted by Gasteiger charge is 2.08. The molecule has 1 rings (SSSR count). The second kappa shape index (κ2) is 3.48. The first-order chi connectivity index (χ1) is 5.63. The number of halogens is 1. The van der Waals surface area contributed by atoms with Gasteiger partial charge >= 0.3 is 5.97 Å². The molecule has 0 saturated heterocycles. The summed E-state index contributed by atoms with van der Waals surface area (Å²) in [5, 5.41) is 8.56. The van der Waals surface area contributed by atoms with Gasteiger partial charge in [0.15, 0.2) is 5.69 Å². The number of aromatic nitrogens is 2. The molecule has 1 heterocycles. The first-order valence-corrected chi connectivity index (χ1v) is 3.74. The Kier molecular flexibility index (Phi) is 2.59. The molecular formula is C6H5BrN2O3. The maximum absolute atomic E-state index is 10.5. The van der Waals surface area contributed by atoms with Crippen molar-refractivity contribution in [2.45, 2.75) is 0 Å². The number of methoxy groups -OCH3 is 1. The predicted octanol–water partition coefficient (Wildman–Crippen LogP) is 0.946. The van der Waals surface area contributed by atoms with Crippen LogP contribution >= 0.6 is 15.9 Å². The van der Waals surface area contributed by atoms with Crippen LogP contribution in [0.25, 0.3) is 0 Å². The van der Waals surface area contributed by atoms with Gasteiger partial charge < -0.3 is 9.84 Å². The topological polar surface area (TPSA) is 72.3 Å². The molecule has 0 aliphatic carbocycles. The lowest BCUT2D eigenvalue weighted by atomic mass is 10.4. The van der Waals surface area contributed by atoms with Gasteiger partial charge in [0.25, 0.3) is 0 Å². The molecule has 0 aliphatic heterocycles. The van der Waals surface area contributed by atoms with Crippen LogP contribution in [0, 0.1) is 0 Å². The highest BCUT2D eigenvalue weighted by atomic mass is 79.9. The molecule has 0 unspecified atom stereocenters. The van der Waals surface area contributed by atoms with Crippen LogP contribution in [0.2, 0.25) is 0 Å². The van der Waals surface area contributed by atoms with Crippen LogP contribution in [0.3, 0.4) is 0 Å². The number of hydrogen-bond acceptors (Lipinski definition) is 4. The average molecular weight is 233 g/mol. The molecule has 1 aromatic rings. The normalized spacial score (nSPS) is 9.50. The summed E-state index contributed by atoms with van der Waals surface area (Å²) >= 11 is 2.96. The molecule has 0 atom stereocenters. The van der Waals surface area contributed by atoms with E-state index in [0.717, 1.165) is 0 Å². The molecule has 0 aromatic carbocycles. The molecule has 5 nitrogen and oxygen atoms in total. The number of aromatic carboxylic acids is 1. The third kappa shape index (κ3) is 1.91. The second-order valence-corrected chi connectivity index (χ2v) is 2.58. The Balaban J connectivity index is 3.15. The molecule has 0 aliphatic rings. The van der Waals surface area contributed by atoms with Crippen molar-refractivity contribution < 1.29 is 14.6 Å². The van der Waals surface area contributed by atoms with Crippen LogP contribution in [-0.2, 0) is 0 Å². The number of rotatable bonds is 2. The lowest BCUT2D eigenvalue weighted by molar-refractivity contribution is 0.0689. The Labute approximate surface area is 76.5 Å². The molecule has 6 heteroatoms. The van der Waals surface area contributed by atoms with Crippen molar-refractivity contribution in [3.8, 4) is 5.88 Å². The van der Waals surface area contributed by atoms with Crippen LogP contribution in [0.5, 0.6) is 5.88 Å². The van der Waals surface area contributed by atoms with Crippen molar-refractivity contribution in [2.75, 3.05) is 7.11 Å². The quantitative estimate of drug-likeness (QED) is 0.769. The van der Waals surface area contributed by atoms with Gasteiger partial charge in [-0.15, -0.1) is 0 Å². The fourth-order valence-corrected chi connectivity index (χ4v) is 0.977. The summed E-state index contributed by atoms with van der Waals surface area (Å²) in [5.74, 6) is -0.898. The summed E-state index contributed by atoms with van der Waals surface area (Å²) in [6.45, 7) is 0. The highest BCUT2D eigenvalue weighted by Crippen LogP contribution is 2.12. The van der Waals surface area contributed by atoms with Crippen molar-refractivity contribution in [1.29, 1.82) is 0 Å². The second-order valence-electron chi connectivity index (χ2n) is 1.87. The van der Waals surface area contributed by atoms with Crippen molar-refractivity contribution in [3.05, 3.63) is 16.5 Å². The van der Waals surface area contributed by atoms with E-state index < -0.39 is 5.97 Å². The minimum atomic E-state index is -1.11. The summed E-state index contributed by atoms with van der Waals surface area (Å²) in [6, 6.07) is 1.24. The van der Waals surface area contributed by atoms with Gasteiger partial charge in [0, 0.05) is 6.07 Å². The lowest BCUT2D eigenvalue weighted by Gasteiger charge is -1.99. The Morgan fingerprint density at radius 1 is 1.67 bits per heavy atom. The molecule has 0 bridgehead atoms. The number of carbonyl (C=O) groups is 1. The molecular weight excluding hydrogens is 228 g/mol. The summed E-state index contributed by atoms with van der Waals surface area (Å²) in [5.41, 5.74) is -0.103. The van der Waals surface area contributed by atoms with Crippen LogP contribution < -0.4 is 4.74 Å². The van der Waals surface area contributed by atoms with E-state index in [1.807, 2.05) is 0 Å². The molecule has 0 spiro atoms. The predicted molar refractivity (Wildman–Crippen MR) is 43.2 cm³/mol. The molecule has 0 amide bonds. The van der Waals surface area contributed by atoms with Crippen LogP contribution in [-0.4, -0.2) is 28.2 Å². The Morgan fingerprint density at radius 2 is 2.33 bits per heavy atom. The van der Waals surface area contributed by atoms with E-state index in [-0.39, 0.29) is 16.3 Å². The SMILES string of the molecule is COc1cc(C(=O)O)nc(Br)n1. The fourth-order valence-electron chi connectivity index (χ4n) is 0.611. The monoisotopic (exact) mass is 232 g/mol. The van der Waals surface area contributed by atoms with Gasteiger partial charge in [0.2, 0.25) is 10.6 Å². The molecule has 0 fully saturated rings. The van der Waals surface area contributed by atoms with E-state index in [0.29, 0.717) is 0 Å². The number of carboxylic acid groups (broad SMARTS) is 1. The third-order valence-electron chi connectivity index (χ3n) is 1.10. The van der Waals surface area contributed by atoms with E-state index in [2.05, 4.69) is 25.9 Å². The summed E-state index contributed by atoms with van der Waals surface area (Å²) in [7, 11) is 1.40. The maximum Gasteiger partial charge on any atom is 0.354 e. The number of ether oxygens (including phenoxy) is 1. The van der Waals surface area contributed by atoms with Gasteiger partial charge in [-0.3, -0.25) is 0 Å². The largest absolute Gasteiger partial charge is 0.481 e. The fraction of sp³-hybridized carbons (Fsp3) is 0.167. The average Bonchev–Trinajstić information content (AvgIpc) is 2.03. The molecule has 1 aromatic heterocycles. The third-order valence-corrected chi connectivity index (χ3v) is 1.46. The van der Waals surface area contributed by atoms with Crippen molar-refractivity contribution in [3.63, 3.8) is 0 Å². The Morgan fingerprint density at radius 3 is 2.83 bits per heavy atom. The van der Waals surface area contributed by atoms with E-state index in [1.54, 1.807) is 0 Å². The smallest absolute Gasteiger partial charge is 0.354 e. The van der Waals surface area contributed by atoms with E-state index in [1.165, 1.54) is 13.2 Å². The van der Waals surface area contributed by atoms with E-state index >= 15 is 0 Å². The van der Waals surface area contributed by atoms with Gasteiger partial charge in [0.05, 0.1) is 7.11 Å². The highest BCUT2D eigenvalue weighted by molar-refractivity contribution is 9.10. The van der Waals surface area contributed by atoms with Crippen molar-refractivity contribution in [2.24, 2.45) is 0 Å². The first kappa shape index (κ1) is 8.92. The maximum atomic E-state index is 10.5. The molecule has 0 saturated carbocycles. The van der Waals surface area contributed by atoms with Gasteiger partial charge in [0.1, 0.15) is 0 Å². The van der Waals surface area contributed by atoms with E-state index in [9.17, 15) is 4.79 Å². The van der Waals surface area contributed by atoms with Crippen LogP contribution in [0.4, 0.5) is 0 Å². The Hall–Kier alpha value is -1.17. The van der Waals surface area contributed by atoms with Gasteiger partial charge in [-0.25, -0.2) is 9.78 Å².